The monoisotopic (exact) mass is 639 g/mol. The predicted octanol–water partition coefficient (Wildman–Crippen LogP) is 12.3. The number of aliphatic hydroxyl groups excluding tert-OH is 2. The van der Waals surface area contributed by atoms with E-state index in [1.807, 2.05) is 0 Å². The van der Waals surface area contributed by atoms with Crippen LogP contribution in [0.5, 0.6) is 0 Å². The number of carbonyl (C=O) groups excluding carboxylic acids is 1. The second-order valence-electron chi connectivity index (χ2n) is 14.6. The lowest BCUT2D eigenvalue weighted by Crippen LogP contribution is -2.51. The van der Waals surface area contributed by atoms with E-state index < -0.39 is 17.8 Å². The van der Waals surface area contributed by atoms with Gasteiger partial charge < -0.3 is 15.3 Å². The summed E-state index contributed by atoms with van der Waals surface area (Å²) in [6, 6.07) is 0. The Kier molecular flexibility index (Phi) is 33.1. The average Bonchev–Trinajstić information content (AvgIpc) is 3.04. The number of aliphatic hydroxyl groups is 3. The van der Waals surface area contributed by atoms with E-state index in [-0.39, 0.29) is 5.78 Å². The topological polar surface area (TPSA) is 77.8 Å². The minimum absolute atomic E-state index is 0.293. The summed E-state index contributed by atoms with van der Waals surface area (Å²) in [4.78, 5) is 12.9. The van der Waals surface area contributed by atoms with Crippen LogP contribution in [-0.2, 0) is 4.79 Å². The summed E-state index contributed by atoms with van der Waals surface area (Å²) in [5, 5.41) is 33.6. The Labute approximate surface area is 282 Å². The number of rotatable bonds is 37. The number of hydrogen-bond donors (Lipinski definition) is 3. The maximum absolute atomic E-state index is 12.9. The molecule has 0 spiro atoms. The van der Waals surface area contributed by atoms with Crippen molar-refractivity contribution in [3.63, 3.8) is 0 Å². The van der Waals surface area contributed by atoms with Crippen LogP contribution in [-0.4, -0.2) is 38.9 Å². The van der Waals surface area contributed by atoms with Crippen LogP contribution in [0.1, 0.15) is 239 Å². The van der Waals surface area contributed by atoms with Gasteiger partial charge in [0.15, 0.2) is 5.78 Å². The summed E-state index contributed by atoms with van der Waals surface area (Å²) in [5.41, 5.74) is -1.38. The van der Waals surface area contributed by atoms with E-state index in [0.717, 1.165) is 57.8 Å². The lowest BCUT2D eigenvalue weighted by molar-refractivity contribution is -0.156. The predicted molar refractivity (Wildman–Crippen MR) is 196 cm³/mol. The van der Waals surface area contributed by atoms with Crippen LogP contribution >= 0.6 is 0 Å². The van der Waals surface area contributed by atoms with Gasteiger partial charge in [-0.15, -0.1) is 0 Å². The molecule has 0 fully saturated rings. The highest BCUT2D eigenvalue weighted by Gasteiger charge is 2.41. The summed E-state index contributed by atoms with van der Waals surface area (Å²) in [6.07, 6.45) is 36.0. The van der Waals surface area contributed by atoms with Gasteiger partial charge in [0.25, 0.3) is 0 Å². The van der Waals surface area contributed by atoms with Gasteiger partial charge in [-0.3, -0.25) is 4.79 Å². The lowest BCUT2D eigenvalue weighted by Gasteiger charge is -2.35. The lowest BCUT2D eigenvalue weighted by atomic mass is 9.81. The fourth-order valence-electron chi connectivity index (χ4n) is 6.84. The fourth-order valence-corrected chi connectivity index (χ4v) is 6.84. The molecule has 0 saturated heterocycles. The van der Waals surface area contributed by atoms with Crippen LogP contribution in [0.15, 0.2) is 0 Å². The molecule has 0 rings (SSSR count). The van der Waals surface area contributed by atoms with E-state index >= 15 is 0 Å². The van der Waals surface area contributed by atoms with Gasteiger partial charge in [0.2, 0.25) is 0 Å². The Morgan fingerprint density at radius 2 is 0.667 bits per heavy atom. The molecule has 0 amide bonds. The van der Waals surface area contributed by atoms with Crippen molar-refractivity contribution in [2.24, 2.45) is 0 Å². The maximum Gasteiger partial charge on any atom is 0.164 e. The van der Waals surface area contributed by atoms with E-state index in [2.05, 4.69) is 20.8 Å². The van der Waals surface area contributed by atoms with Gasteiger partial charge in [0, 0.05) is 6.42 Å². The molecule has 2 atom stereocenters. The summed E-state index contributed by atoms with van der Waals surface area (Å²) in [7, 11) is 0. The molecule has 2 unspecified atom stereocenters. The second kappa shape index (κ2) is 33.5. The van der Waals surface area contributed by atoms with Crippen molar-refractivity contribution >= 4 is 5.78 Å². The second-order valence-corrected chi connectivity index (χ2v) is 14.6. The van der Waals surface area contributed by atoms with Gasteiger partial charge in [-0.2, -0.15) is 0 Å². The molecular formula is C41H82O4. The summed E-state index contributed by atoms with van der Waals surface area (Å²) in [5.74, 6) is -0.303. The van der Waals surface area contributed by atoms with E-state index in [1.165, 1.54) is 141 Å². The zero-order chi connectivity index (χ0) is 33.3. The summed E-state index contributed by atoms with van der Waals surface area (Å²) < 4.78 is 0. The van der Waals surface area contributed by atoms with Gasteiger partial charge in [0.05, 0.1) is 5.60 Å². The van der Waals surface area contributed by atoms with Crippen molar-refractivity contribution in [2.45, 2.75) is 257 Å². The first-order valence-electron chi connectivity index (χ1n) is 20.5. The molecule has 0 aromatic heterocycles. The molecule has 0 radical (unpaired) electrons. The first kappa shape index (κ1) is 44.5. The van der Waals surface area contributed by atoms with Crippen molar-refractivity contribution in [3.05, 3.63) is 0 Å². The maximum atomic E-state index is 12.9. The molecule has 3 N–H and O–H groups in total. The Balaban J connectivity index is 4.51. The first-order valence-corrected chi connectivity index (χ1v) is 20.5. The minimum atomic E-state index is -1.48. The third kappa shape index (κ3) is 27.2. The zero-order valence-electron chi connectivity index (χ0n) is 30.9. The molecule has 45 heavy (non-hydrogen) atoms. The molecule has 0 aliphatic rings. The Morgan fingerprint density at radius 3 is 0.956 bits per heavy atom. The van der Waals surface area contributed by atoms with Gasteiger partial charge in [0.1, 0.15) is 12.2 Å². The molecular weight excluding hydrogens is 556 g/mol. The van der Waals surface area contributed by atoms with Gasteiger partial charge in [-0.05, 0) is 19.3 Å². The standard InChI is InChI=1S/C41H82O4/c1-4-7-10-13-16-19-22-23-26-29-32-35-38(42)39(43)40(44)41(45,36-33-30-27-24-20-17-14-11-8-5-2)37-34-31-28-25-21-18-15-12-9-6-3/h39-40,43-45H,4-37H2,1-3H3. The molecule has 0 heterocycles. The summed E-state index contributed by atoms with van der Waals surface area (Å²) >= 11 is 0. The molecule has 4 nitrogen and oxygen atoms in total. The molecule has 4 heteroatoms. The summed E-state index contributed by atoms with van der Waals surface area (Å²) in [6.45, 7) is 6.76. The van der Waals surface area contributed by atoms with Gasteiger partial charge in [-0.25, -0.2) is 0 Å². The van der Waals surface area contributed by atoms with Crippen LogP contribution < -0.4 is 0 Å². The minimum Gasteiger partial charge on any atom is -0.387 e. The van der Waals surface area contributed by atoms with E-state index in [4.69, 9.17) is 0 Å². The van der Waals surface area contributed by atoms with Gasteiger partial charge in [-0.1, -0.05) is 213 Å². The molecule has 0 saturated carbocycles. The highest BCUT2D eigenvalue weighted by atomic mass is 16.4. The highest BCUT2D eigenvalue weighted by Crippen LogP contribution is 2.29. The molecule has 0 aliphatic heterocycles. The van der Waals surface area contributed by atoms with Crippen molar-refractivity contribution in [2.75, 3.05) is 0 Å². The third-order valence-electron chi connectivity index (χ3n) is 10.1. The Hall–Kier alpha value is -0.450. The van der Waals surface area contributed by atoms with Crippen LogP contribution in [0.4, 0.5) is 0 Å². The Morgan fingerprint density at radius 1 is 0.422 bits per heavy atom. The van der Waals surface area contributed by atoms with Gasteiger partial charge >= 0.3 is 0 Å². The highest BCUT2D eigenvalue weighted by molar-refractivity contribution is 5.83. The van der Waals surface area contributed by atoms with E-state index in [0.29, 0.717) is 19.3 Å². The van der Waals surface area contributed by atoms with Crippen molar-refractivity contribution in [1.29, 1.82) is 0 Å². The smallest absolute Gasteiger partial charge is 0.164 e. The van der Waals surface area contributed by atoms with Crippen LogP contribution in [0.2, 0.25) is 0 Å². The largest absolute Gasteiger partial charge is 0.387 e. The first-order chi connectivity index (χ1) is 21.9. The quantitative estimate of drug-likeness (QED) is 0.0592. The number of hydrogen-bond acceptors (Lipinski definition) is 4. The van der Waals surface area contributed by atoms with Crippen molar-refractivity contribution in [1.82, 2.24) is 0 Å². The normalized spacial score (nSPS) is 13.4. The zero-order valence-corrected chi connectivity index (χ0v) is 30.9. The molecule has 270 valence electrons. The van der Waals surface area contributed by atoms with Crippen molar-refractivity contribution in [3.8, 4) is 0 Å². The number of unbranched alkanes of at least 4 members (excludes halogenated alkanes) is 28. The van der Waals surface area contributed by atoms with E-state index in [1.54, 1.807) is 0 Å². The Bertz CT molecular complexity index is 582. The van der Waals surface area contributed by atoms with Crippen LogP contribution in [0, 0.1) is 0 Å². The molecule has 0 bridgehead atoms. The van der Waals surface area contributed by atoms with Crippen LogP contribution in [0.25, 0.3) is 0 Å². The number of Topliss-reactive ketones (excluding diaryl/α,β-unsaturated/α-hetero) is 1. The molecule has 0 aliphatic carbocycles. The number of ketones is 1. The fraction of sp³-hybridized carbons (Fsp3) is 0.976. The molecule has 0 aromatic rings. The van der Waals surface area contributed by atoms with Crippen molar-refractivity contribution < 1.29 is 20.1 Å². The average molecular weight is 639 g/mol. The van der Waals surface area contributed by atoms with E-state index in [9.17, 15) is 20.1 Å². The van der Waals surface area contributed by atoms with Crippen LogP contribution in [0.3, 0.4) is 0 Å². The third-order valence-corrected chi connectivity index (χ3v) is 10.1. The SMILES string of the molecule is CCCCCCCCCCCCCC(=O)C(O)C(O)C(O)(CCCCCCCCCCCC)CCCCCCCCCCCC. The number of carbonyl (C=O) groups is 1. The molecule has 0 aromatic carbocycles.